The molecule has 4 aliphatic rings. The average molecular weight is 271 g/mol. The molecule has 3 heteroatoms. The molecule has 5 rings (SSSR count). The molecule has 4 saturated carbocycles. The van der Waals surface area contributed by atoms with E-state index in [1.54, 1.807) is 6.20 Å². The maximum absolute atomic E-state index is 6.69. The number of hydrogen-bond donors (Lipinski definition) is 2. The maximum atomic E-state index is 6.69. The molecule has 1 atom stereocenters. The number of rotatable bonds is 3. The molecule has 1 unspecified atom stereocenters. The summed E-state index contributed by atoms with van der Waals surface area (Å²) in [4.78, 5) is 4.20. The second-order valence-corrected chi connectivity index (χ2v) is 7.64. The van der Waals surface area contributed by atoms with Crippen molar-refractivity contribution in [2.45, 2.75) is 51.0 Å². The quantitative estimate of drug-likeness (QED) is 0.888. The molecule has 0 spiro atoms. The Balaban J connectivity index is 1.56. The van der Waals surface area contributed by atoms with Crippen molar-refractivity contribution in [3.8, 4) is 0 Å². The summed E-state index contributed by atoms with van der Waals surface area (Å²) >= 11 is 0. The number of nitrogens with two attached hydrogens (primary N) is 2. The van der Waals surface area contributed by atoms with Crippen LogP contribution in [-0.4, -0.2) is 11.0 Å². The highest BCUT2D eigenvalue weighted by Gasteiger charge is 2.53. The SMILES string of the molecule is Nc1ncccc1CC(N)C12CC3CC(CC(C3)C1)C2. The molecule has 0 aromatic carbocycles. The van der Waals surface area contributed by atoms with E-state index >= 15 is 0 Å². The van der Waals surface area contributed by atoms with Crippen molar-refractivity contribution in [1.82, 2.24) is 4.98 Å². The zero-order chi connectivity index (χ0) is 13.7. The van der Waals surface area contributed by atoms with Gasteiger partial charge in [-0.2, -0.15) is 0 Å². The highest BCUT2D eigenvalue weighted by molar-refractivity contribution is 5.39. The monoisotopic (exact) mass is 271 g/mol. The Labute approximate surface area is 121 Å². The van der Waals surface area contributed by atoms with E-state index < -0.39 is 0 Å². The van der Waals surface area contributed by atoms with Gasteiger partial charge in [-0.3, -0.25) is 0 Å². The molecule has 1 heterocycles. The van der Waals surface area contributed by atoms with Crippen molar-refractivity contribution >= 4 is 5.82 Å². The van der Waals surface area contributed by atoms with Crippen LogP contribution in [0.2, 0.25) is 0 Å². The lowest BCUT2D eigenvalue weighted by molar-refractivity contribution is -0.0667. The van der Waals surface area contributed by atoms with Gasteiger partial charge >= 0.3 is 0 Å². The van der Waals surface area contributed by atoms with Crippen LogP contribution in [0.3, 0.4) is 0 Å². The number of nitrogens with zero attached hydrogens (tertiary/aromatic N) is 1. The fourth-order valence-corrected chi connectivity index (χ4v) is 5.71. The second-order valence-electron chi connectivity index (χ2n) is 7.64. The molecule has 4 fully saturated rings. The first-order valence-electron chi connectivity index (χ1n) is 8.09. The number of nitrogen functional groups attached to an aromatic ring is 1. The molecular formula is C17H25N3. The fourth-order valence-electron chi connectivity index (χ4n) is 5.71. The van der Waals surface area contributed by atoms with Crippen LogP contribution in [0.25, 0.3) is 0 Å². The normalized spacial score (nSPS) is 40.0. The summed E-state index contributed by atoms with van der Waals surface area (Å²) in [6, 6.07) is 4.31. The van der Waals surface area contributed by atoms with E-state index in [1.165, 1.54) is 38.5 Å². The van der Waals surface area contributed by atoms with Crippen LogP contribution in [0.4, 0.5) is 5.82 Å². The van der Waals surface area contributed by atoms with Gasteiger partial charge < -0.3 is 11.5 Å². The molecule has 3 nitrogen and oxygen atoms in total. The van der Waals surface area contributed by atoms with Gasteiger partial charge in [0.2, 0.25) is 0 Å². The minimum atomic E-state index is 0.252. The fraction of sp³-hybridized carbons (Fsp3) is 0.706. The van der Waals surface area contributed by atoms with Gasteiger partial charge in [-0.25, -0.2) is 4.98 Å². The lowest BCUT2D eigenvalue weighted by Gasteiger charge is -2.59. The highest BCUT2D eigenvalue weighted by Crippen LogP contribution is 2.61. The van der Waals surface area contributed by atoms with Crippen molar-refractivity contribution < 1.29 is 0 Å². The first kappa shape index (κ1) is 12.6. The molecule has 108 valence electrons. The number of aromatic nitrogens is 1. The topological polar surface area (TPSA) is 64.9 Å². The summed E-state index contributed by atoms with van der Waals surface area (Å²) in [7, 11) is 0. The van der Waals surface area contributed by atoms with Crippen molar-refractivity contribution in [2.75, 3.05) is 5.73 Å². The second kappa shape index (κ2) is 4.45. The molecule has 4 N–H and O–H groups in total. The van der Waals surface area contributed by atoms with Crippen molar-refractivity contribution in [3.05, 3.63) is 23.9 Å². The lowest BCUT2D eigenvalue weighted by Crippen LogP contribution is -2.55. The van der Waals surface area contributed by atoms with Crippen LogP contribution in [0.5, 0.6) is 0 Å². The Bertz CT molecular complexity index is 475. The largest absolute Gasteiger partial charge is 0.383 e. The average Bonchev–Trinajstić information content (AvgIpc) is 2.40. The van der Waals surface area contributed by atoms with Crippen LogP contribution in [0, 0.1) is 23.2 Å². The minimum absolute atomic E-state index is 0.252. The summed E-state index contributed by atoms with van der Waals surface area (Å²) in [5, 5.41) is 0. The molecule has 0 aliphatic heterocycles. The number of hydrogen-bond acceptors (Lipinski definition) is 3. The molecule has 0 radical (unpaired) electrons. The molecule has 0 amide bonds. The molecule has 0 saturated heterocycles. The van der Waals surface area contributed by atoms with Gasteiger partial charge in [0, 0.05) is 12.2 Å². The van der Waals surface area contributed by atoms with Gasteiger partial charge in [-0.05, 0) is 79.7 Å². The predicted octanol–water partition coefficient (Wildman–Crippen LogP) is 2.75. The van der Waals surface area contributed by atoms with Gasteiger partial charge in [-0.1, -0.05) is 6.07 Å². The maximum Gasteiger partial charge on any atom is 0.126 e. The van der Waals surface area contributed by atoms with Crippen LogP contribution >= 0.6 is 0 Å². The van der Waals surface area contributed by atoms with E-state index in [0.29, 0.717) is 11.2 Å². The van der Waals surface area contributed by atoms with E-state index in [9.17, 15) is 0 Å². The predicted molar refractivity (Wildman–Crippen MR) is 80.9 cm³/mol. The van der Waals surface area contributed by atoms with Gasteiger partial charge in [0.25, 0.3) is 0 Å². The van der Waals surface area contributed by atoms with Gasteiger partial charge in [-0.15, -0.1) is 0 Å². The Morgan fingerprint density at radius 2 is 1.75 bits per heavy atom. The Kier molecular flexibility index (Phi) is 2.81. The Hall–Kier alpha value is -1.09. The Morgan fingerprint density at radius 3 is 2.30 bits per heavy atom. The molecule has 20 heavy (non-hydrogen) atoms. The summed E-state index contributed by atoms with van der Waals surface area (Å²) in [5.74, 6) is 3.53. The number of anilines is 1. The van der Waals surface area contributed by atoms with Crippen LogP contribution in [0.15, 0.2) is 18.3 Å². The first-order chi connectivity index (χ1) is 9.64. The van der Waals surface area contributed by atoms with Crippen molar-refractivity contribution in [2.24, 2.45) is 28.9 Å². The van der Waals surface area contributed by atoms with E-state index in [-0.39, 0.29) is 6.04 Å². The van der Waals surface area contributed by atoms with E-state index in [1.807, 2.05) is 6.07 Å². The third kappa shape index (κ3) is 1.95. The summed E-state index contributed by atoms with van der Waals surface area (Å²) < 4.78 is 0. The third-order valence-corrected chi connectivity index (χ3v) is 6.24. The Morgan fingerprint density at radius 1 is 1.15 bits per heavy atom. The minimum Gasteiger partial charge on any atom is -0.383 e. The van der Waals surface area contributed by atoms with Crippen molar-refractivity contribution in [3.63, 3.8) is 0 Å². The summed E-state index contributed by atoms with van der Waals surface area (Å²) in [6.45, 7) is 0. The highest BCUT2D eigenvalue weighted by atomic mass is 14.8. The summed E-state index contributed by atoms with van der Waals surface area (Å²) in [6.07, 6.45) is 11.2. The van der Waals surface area contributed by atoms with E-state index in [2.05, 4.69) is 11.1 Å². The smallest absolute Gasteiger partial charge is 0.126 e. The zero-order valence-corrected chi connectivity index (χ0v) is 12.1. The van der Waals surface area contributed by atoms with E-state index in [0.717, 1.165) is 29.7 Å². The van der Waals surface area contributed by atoms with Gasteiger partial charge in [0.1, 0.15) is 5.82 Å². The molecule has 4 bridgehead atoms. The van der Waals surface area contributed by atoms with Gasteiger partial charge in [0.15, 0.2) is 0 Å². The van der Waals surface area contributed by atoms with Crippen LogP contribution in [0.1, 0.15) is 44.1 Å². The lowest BCUT2D eigenvalue weighted by atomic mass is 9.47. The molecule has 1 aromatic rings. The molecular weight excluding hydrogens is 246 g/mol. The summed E-state index contributed by atoms with van der Waals surface area (Å²) in [5.41, 5.74) is 14.2. The molecule has 1 aromatic heterocycles. The first-order valence-corrected chi connectivity index (χ1v) is 8.09. The number of pyridine rings is 1. The van der Waals surface area contributed by atoms with Crippen molar-refractivity contribution in [1.29, 1.82) is 0 Å². The zero-order valence-electron chi connectivity index (χ0n) is 12.1. The van der Waals surface area contributed by atoms with Crippen LogP contribution < -0.4 is 11.5 Å². The molecule has 4 aliphatic carbocycles. The third-order valence-electron chi connectivity index (χ3n) is 6.24. The van der Waals surface area contributed by atoms with E-state index in [4.69, 9.17) is 11.5 Å². The van der Waals surface area contributed by atoms with Crippen LogP contribution in [-0.2, 0) is 6.42 Å². The standard InChI is InChI=1S/C17H25N3/c18-15(7-14-2-1-3-20-16(14)19)17-8-11-4-12(9-17)6-13(5-11)10-17/h1-3,11-13,15H,4-10,18H2,(H2,19,20). The van der Waals surface area contributed by atoms with Gasteiger partial charge in [0.05, 0.1) is 0 Å².